The van der Waals surface area contributed by atoms with E-state index in [2.05, 4.69) is 163 Å². The number of hydrogen-bond donors (Lipinski definition) is 0. The maximum atomic E-state index is 6.44. The second kappa shape index (κ2) is 11.1. The van der Waals surface area contributed by atoms with Crippen LogP contribution < -0.4 is 4.90 Å². The van der Waals surface area contributed by atoms with Crippen molar-refractivity contribution in [2.75, 3.05) is 4.90 Å². The molecule has 7 aromatic carbocycles. The van der Waals surface area contributed by atoms with Crippen LogP contribution >= 0.6 is 0 Å². The molecule has 244 valence electrons. The molecule has 51 heavy (non-hydrogen) atoms. The Morgan fingerprint density at radius 3 is 2.04 bits per heavy atom. The summed E-state index contributed by atoms with van der Waals surface area (Å²) in [6, 6.07) is 60.2. The second-order valence-corrected chi connectivity index (χ2v) is 14.9. The molecule has 2 nitrogen and oxygen atoms in total. The Kier molecular flexibility index (Phi) is 6.28. The molecule has 0 radical (unpaired) electrons. The summed E-state index contributed by atoms with van der Waals surface area (Å²) < 4.78 is 6.44. The summed E-state index contributed by atoms with van der Waals surface area (Å²) >= 11 is 0. The zero-order valence-electron chi connectivity index (χ0n) is 28.4. The highest BCUT2D eigenvalue weighted by Crippen LogP contribution is 2.66. The van der Waals surface area contributed by atoms with E-state index in [0.29, 0.717) is 5.92 Å². The van der Waals surface area contributed by atoms with Crippen molar-refractivity contribution in [3.63, 3.8) is 0 Å². The van der Waals surface area contributed by atoms with Crippen molar-refractivity contribution in [3.8, 4) is 33.4 Å². The molecule has 3 aliphatic carbocycles. The molecule has 1 aromatic heterocycles. The number of para-hydroxylation sites is 3. The molecule has 2 saturated carbocycles. The lowest BCUT2D eigenvalue weighted by Crippen LogP contribution is -2.32. The summed E-state index contributed by atoms with van der Waals surface area (Å²) in [7, 11) is 0. The van der Waals surface area contributed by atoms with Gasteiger partial charge in [-0.3, -0.25) is 0 Å². The van der Waals surface area contributed by atoms with Crippen LogP contribution in [0.15, 0.2) is 168 Å². The van der Waals surface area contributed by atoms with Crippen LogP contribution in [0.25, 0.3) is 55.3 Å². The first-order valence-electron chi connectivity index (χ1n) is 18.5. The summed E-state index contributed by atoms with van der Waals surface area (Å²) in [4.78, 5) is 2.48. The summed E-state index contributed by atoms with van der Waals surface area (Å²) in [6.45, 7) is 0. The van der Waals surface area contributed by atoms with Crippen LogP contribution in [0.5, 0.6) is 0 Å². The standard InChI is InChI=1S/C49H37NO/c1-2-11-33(12-3-1)38-13-5-8-19-46(38)50(36-25-22-34(23-26-36)39-16-10-17-43-42-15-6-9-20-47(42)51-48(39)43)37-27-28-41-40-14-4-7-18-44(40)49(45(41)30-37)31-32-21-24-35(49)29-32/h1-20,22-23,25-28,30,32,35H,21,24,29,31H2. The number of anilines is 3. The summed E-state index contributed by atoms with van der Waals surface area (Å²) in [5.41, 5.74) is 16.1. The van der Waals surface area contributed by atoms with Crippen molar-refractivity contribution in [1.29, 1.82) is 0 Å². The smallest absolute Gasteiger partial charge is 0.143 e. The zero-order valence-corrected chi connectivity index (χ0v) is 28.4. The molecule has 0 saturated heterocycles. The van der Waals surface area contributed by atoms with Gasteiger partial charge in [-0.05, 0) is 101 Å². The first kappa shape index (κ1) is 28.9. The van der Waals surface area contributed by atoms with Gasteiger partial charge in [-0.1, -0.05) is 134 Å². The molecule has 0 amide bonds. The molecule has 3 aliphatic rings. The van der Waals surface area contributed by atoms with Crippen molar-refractivity contribution in [3.05, 3.63) is 175 Å². The molecule has 3 unspecified atom stereocenters. The fourth-order valence-corrected chi connectivity index (χ4v) is 10.2. The van der Waals surface area contributed by atoms with Crippen LogP contribution in [-0.4, -0.2) is 0 Å². The van der Waals surface area contributed by atoms with Gasteiger partial charge < -0.3 is 9.32 Å². The lowest BCUT2D eigenvalue weighted by molar-refractivity contribution is 0.327. The van der Waals surface area contributed by atoms with Crippen LogP contribution in [0.3, 0.4) is 0 Å². The largest absolute Gasteiger partial charge is 0.455 e. The van der Waals surface area contributed by atoms with E-state index >= 15 is 0 Å². The third-order valence-electron chi connectivity index (χ3n) is 12.4. The second-order valence-electron chi connectivity index (χ2n) is 14.9. The van der Waals surface area contributed by atoms with E-state index in [4.69, 9.17) is 4.42 Å². The highest BCUT2D eigenvalue weighted by atomic mass is 16.3. The summed E-state index contributed by atoms with van der Waals surface area (Å²) in [6.07, 6.45) is 5.35. The monoisotopic (exact) mass is 655 g/mol. The average molecular weight is 656 g/mol. The fraction of sp³-hybridized carbons (Fsp3) is 0.143. The van der Waals surface area contributed by atoms with E-state index in [1.807, 2.05) is 6.07 Å². The van der Waals surface area contributed by atoms with Crippen molar-refractivity contribution in [2.24, 2.45) is 11.8 Å². The number of fused-ring (bicyclic) bond motifs is 11. The molecule has 0 N–H and O–H groups in total. The molecule has 3 atom stereocenters. The fourth-order valence-electron chi connectivity index (χ4n) is 10.2. The van der Waals surface area contributed by atoms with Crippen molar-refractivity contribution in [1.82, 2.24) is 0 Å². The highest BCUT2D eigenvalue weighted by Gasteiger charge is 2.56. The number of rotatable bonds is 5. The van der Waals surface area contributed by atoms with E-state index < -0.39 is 0 Å². The third kappa shape index (κ3) is 4.23. The van der Waals surface area contributed by atoms with Gasteiger partial charge in [-0.2, -0.15) is 0 Å². The SMILES string of the molecule is c1ccc(-c2ccccc2N(c2ccc(-c3cccc4c3oc3ccccc34)cc2)c2ccc3c(c2)C2(CC4CCC2C4)c2ccccc2-3)cc1. The first-order chi connectivity index (χ1) is 25.3. The minimum absolute atomic E-state index is 0.116. The Labute approximate surface area is 298 Å². The molecule has 0 aliphatic heterocycles. The van der Waals surface area contributed by atoms with Gasteiger partial charge in [-0.25, -0.2) is 0 Å². The van der Waals surface area contributed by atoms with Crippen LogP contribution in [0.1, 0.15) is 36.8 Å². The average Bonchev–Trinajstić information content (AvgIpc) is 3.97. The molecule has 8 aromatic rings. The highest BCUT2D eigenvalue weighted by molar-refractivity contribution is 6.09. The van der Waals surface area contributed by atoms with Gasteiger partial charge in [0.05, 0.1) is 5.69 Å². The molecule has 2 fully saturated rings. The van der Waals surface area contributed by atoms with Gasteiger partial charge in [0.2, 0.25) is 0 Å². The van der Waals surface area contributed by atoms with Crippen LogP contribution in [0.2, 0.25) is 0 Å². The van der Waals surface area contributed by atoms with Crippen molar-refractivity contribution >= 4 is 39.0 Å². The number of furan rings is 1. The Bertz CT molecular complexity index is 2610. The van der Waals surface area contributed by atoms with Crippen molar-refractivity contribution in [2.45, 2.75) is 31.1 Å². The summed E-state index contributed by atoms with van der Waals surface area (Å²) in [5, 5.41) is 2.31. The summed E-state index contributed by atoms with van der Waals surface area (Å²) in [5.74, 6) is 1.54. The number of hydrogen-bond acceptors (Lipinski definition) is 2. The van der Waals surface area contributed by atoms with Crippen LogP contribution in [0.4, 0.5) is 17.1 Å². The topological polar surface area (TPSA) is 16.4 Å². The Morgan fingerprint density at radius 2 is 1.20 bits per heavy atom. The minimum atomic E-state index is 0.116. The van der Waals surface area contributed by atoms with Crippen molar-refractivity contribution < 1.29 is 4.42 Å². The first-order valence-corrected chi connectivity index (χ1v) is 18.5. The molecule has 2 heteroatoms. The lowest BCUT2D eigenvalue weighted by atomic mass is 9.67. The van der Waals surface area contributed by atoms with Crippen LogP contribution in [0, 0.1) is 11.8 Å². The van der Waals surface area contributed by atoms with E-state index in [-0.39, 0.29) is 5.41 Å². The minimum Gasteiger partial charge on any atom is -0.455 e. The maximum absolute atomic E-state index is 6.44. The van der Waals surface area contributed by atoms with Gasteiger partial charge in [0, 0.05) is 38.7 Å². The van der Waals surface area contributed by atoms with E-state index in [1.165, 1.54) is 64.9 Å². The molecule has 11 rings (SSSR count). The van der Waals surface area contributed by atoms with E-state index in [0.717, 1.165) is 44.7 Å². The predicted octanol–water partition coefficient (Wildman–Crippen LogP) is 13.5. The molecule has 2 bridgehead atoms. The predicted molar refractivity (Wildman–Crippen MR) is 211 cm³/mol. The van der Waals surface area contributed by atoms with Gasteiger partial charge in [0.15, 0.2) is 0 Å². The zero-order chi connectivity index (χ0) is 33.5. The molecular formula is C49H37NO. The van der Waals surface area contributed by atoms with E-state index in [1.54, 1.807) is 5.56 Å². The molecule has 1 heterocycles. The van der Waals surface area contributed by atoms with Gasteiger partial charge in [0.1, 0.15) is 11.2 Å². The molecule has 1 spiro atoms. The Hall–Kier alpha value is -5.86. The quantitative estimate of drug-likeness (QED) is 0.183. The third-order valence-corrected chi connectivity index (χ3v) is 12.4. The normalized spacial score (nSPS) is 19.9. The van der Waals surface area contributed by atoms with Crippen LogP contribution in [-0.2, 0) is 5.41 Å². The lowest BCUT2D eigenvalue weighted by Gasteiger charge is -2.37. The maximum Gasteiger partial charge on any atom is 0.143 e. The number of benzene rings is 7. The van der Waals surface area contributed by atoms with Gasteiger partial charge >= 0.3 is 0 Å². The van der Waals surface area contributed by atoms with Gasteiger partial charge in [-0.15, -0.1) is 0 Å². The molecular weight excluding hydrogens is 619 g/mol. The number of nitrogens with zero attached hydrogens (tertiary/aromatic N) is 1. The Morgan fingerprint density at radius 1 is 0.510 bits per heavy atom. The van der Waals surface area contributed by atoms with E-state index in [9.17, 15) is 0 Å². The Balaban J connectivity index is 1.09. The van der Waals surface area contributed by atoms with Gasteiger partial charge in [0.25, 0.3) is 0 Å².